The minimum absolute atomic E-state index is 0.00198. The van der Waals surface area contributed by atoms with Crippen LogP contribution in [-0.4, -0.2) is 142 Å². The first-order valence-electron chi connectivity index (χ1n) is 21.4. The van der Waals surface area contributed by atoms with E-state index in [1.54, 1.807) is 24.6 Å². The molecule has 28 heteroatoms. The zero-order valence-electron chi connectivity index (χ0n) is 37.3. The van der Waals surface area contributed by atoms with Gasteiger partial charge in [0, 0.05) is 62.7 Å². The molecule has 4 aliphatic rings. The lowest BCUT2D eigenvalue weighted by atomic mass is 9.94. The molecule has 8 rings (SSSR count). The Morgan fingerprint density at radius 1 is 0.694 bits per heavy atom. The number of aromatic nitrogens is 2. The summed E-state index contributed by atoms with van der Waals surface area (Å²) in [6.07, 6.45) is -3.28. The van der Waals surface area contributed by atoms with Crippen molar-refractivity contribution >= 4 is 73.8 Å². The number of aliphatic hydroxyl groups excluding tert-OH is 2. The molecule has 4 N–H and O–H groups in total. The maximum Gasteiger partial charge on any atom is 0.338 e. The lowest BCUT2D eigenvalue weighted by Gasteiger charge is -2.41. The minimum Gasteiger partial charge on any atom is -0.463 e. The first kappa shape index (κ1) is 54.7. The van der Waals surface area contributed by atoms with E-state index in [-0.39, 0.29) is 62.5 Å². The molecule has 2 unspecified atom stereocenters. The van der Waals surface area contributed by atoms with Gasteiger partial charge in [0.25, 0.3) is 23.7 Å². The van der Waals surface area contributed by atoms with Crippen molar-refractivity contribution in [2.24, 2.45) is 9.98 Å². The number of rotatable bonds is 12. The first-order valence-corrected chi connectivity index (χ1v) is 24.3. The number of hydrogen-bond acceptors (Lipinski definition) is 16. The summed E-state index contributed by atoms with van der Waals surface area (Å²) < 4.78 is 152. The molecule has 0 bridgehead atoms. The van der Waals surface area contributed by atoms with E-state index in [2.05, 4.69) is 46.5 Å². The number of nitrogens with one attached hydrogen (secondary N) is 2. The highest BCUT2D eigenvalue weighted by Gasteiger charge is 2.60. The van der Waals surface area contributed by atoms with Gasteiger partial charge in [-0.1, -0.05) is 39.7 Å². The van der Waals surface area contributed by atoms with Gasteiger partial charge in [-0.25, -0.2) is 63.5 Å². The molecule has 2 atom stereocenters. The highest BCUT2D eigenvalue weighted by Crippen LogP contribution is 2.42. The quantitative estimate of drug-likeness (QED) is 0.0806. The van der Waals surface area contributed by atoms with Crippen molar-refractivity contribution in [3.63, 3.8) is 0 Å². The Morgan fingerprint density at radius 2 is 1.08 bits per heavy atom. The standard InChI is InChI=1S/C22H20BrF5N4O3S.C22H20ClF5N4O3S/c2*1-2-35-19(33)15-14(8-32-9-21(25,26)20(34)22(27,28)10-32)30-17(18-29-5-6-36-18)31-16(15)12-4-3-11(24)7-13(12)23/h2*3-7,16,20,34H,2,8-10H2,1H3,(H,30,31). The van der Waals surface area contributed by atoms with Crippen LogP contribution in [0.25, 0.3) is 0 Å². The van der Waals surface area contributed by atoms with Gasteiger partial charge in [-0.3, -0.25) is 19.8 Å². The molecule has 2 saturated heterocycles. The SMILES string of the molecule is CCOC(=O)C1=C(CN2CC(F)(F)C(O)C(F)(F)C2)NC(c2nccs2)=NC1c1ccc(F)cc1Br.CCOC(=O)C1=C(CN2CC(F)(F)C(O)C(F)(F)C2)NC(c2nccs2)=NC1c1ccc(F)cc1Cl. The Labute approximate surface area is 424 Å². The molecule has 0 aliphatic carbocycles. The number of ether oxygens (including phenoxy) is 2. The van der Waals surface area contributed by atoms with Crippen LogP contribution in [0.5, 0.6) is 0 Å². The Bertz CT molecular complexity index is 2570. The Kier molecular flexibility index (Phi) is 16.6. The number of aliphatic hydroxyl groups is 2. The summed E-state index contributed by atoms with van der Waals surface area (Å²) >= 11 is 11.9. The second kappa shape index (κ2) is 21.8. The van der Waals surface area contributed by atoms with E-state index >= 15 is 0 Å². The number of aliphatic imine (C=N–C) groups is 2. The molecule has 0 saturated carbocycles. The predicted molar refractivity (Wildman–Crippen MR) is 247 cm³/mol. The minimum atomic E-state index is -4.10. The van der Waals surface area contributed by atoms with Crippen molar-refractivity contribution in [2.45, 2.75) is 61.8 Å². The summed E-state index contributed by atoms with van der Waals surface area (Å²) in [5.41, 5.74) is 0.252. The number of halogens is 12. The van der Waals surface area contributed by atoms with Crippen LogP contribution < -0.4 is 10.6 Å². The highest BCUT2D eigenvalue weighted by atomic mass is 79.9. The number of likely N-dealkylation sites (tertiary alicyclic amines) is 2. The number of carbonyl (C=O) groups excluding carboxylic acids is 2. The number of thiazole rings is 2. The fraction of sp³-hybridized carbons (Fsp3) is 0.409. The molecule has 2 aromatic carbocycles. The molecule has 6 heterocycles. The fourth-order valence-electron chi connectivity index (χ4n) is 8.07. The van der Waals surface area contributed by atoms with Crippen LogP contribution in [0.1, 0.15) is 47.1 Å². The number of esters is 2. The van der Waals surface area contributed by atoms with Crippen LogP contribution in [0.3, 0.4) is 0 Å². The van der Waals surface area contributed by atoms with Gasteiger partial charge in [0.05, 0.1) is 50.5 Å². The van der Waals surface area contributed by atoms with Crippen LogP contribution in [0, 0.1) is 11.6 Å². The van der Waals surface area contributed by atoms with Crippen LogP contribution in [0.4, 0.5) is 43.9 Å². The van der Waals surface area contributed by atoms with Gasteiger partial charge >= 0.3 is 11.9 Å². The number of nitrogens with zero attached hydrogens (tertiary/aromatic N) is 6. The Morgan fingerprint density at radius 3 is 1.44 bits per heavy atom. The van der Waals surface area contributed by atoms with Gasteiger partial charge in [0.15, 0.2) is 33.9 Å². The summed E-state index contributed by atoms with van der Waals surface area (Å²) in [5.74, 6) is -19.0. The number of amidine groups is 2. The van der Waals surface area contributed by atoms with E-state index in [0.29, 0.717) is 15.6 Å². The number of hydrogen-bond donors (Lipinski definition) is 4. The number of benzene rings is 2. The Hall–Kier alpha value is -5.03. The molecule has 72 heavy (non-hydrogen) atoms. The van der Waals surface area contributed by atoms with Crippen molar-refractivity contribution in [1.82, 2.24) is 30.4 Å². The lowest BCUT2D eigenvalue weighted by Crippen LogP contribution is -2.63. The maximum atomic E-state index is 14.2. The second-order valence-electron chi connectivity index (χ2n) is 16.4. The summed E-state index contributed by atoms with van der Waals surface area (Å²) in [6.45, 7) is -2.76. The fourth-order valence-corrected chi connectivity index (χ4v) is 10.1. The van der Waals surface area contributed by atoms with Crippen LogP contribution in [0.15, 0.2) is 96.5 Å². The third kappa shape index (κ3) is 12.0. The monoisotopic (exact) mass is 1140 g/mol. The summed E-state index contributed by atoms with van der Waals surface area (Å²) in [5, 5.41) is 28.6. The number of piperidine rings is 2. The van der Waals surface area contributed by atoms with Gasteiger partial charge in [0.2, 0.25) is 0 Å². The predicted octanol–water partition coefficient (Wildman–Crippen LogP) is 7.69. The van der Waals surface area contributed by atoms with Crippen molar-refractivity contribution in [2.75, 3.05) is 52.5 Å². The van der Waals surface area contributed by atoms with E-state index in [9.17, 15) is 63.7 Å². The molecule has 2 fully saturated rings. The van der Waals surface area contributed by atoms with E-state index in [4.69, 9.17) is 21.1 Å². The molecular weight excluding hydrogens is 1110 g/mol. The van der Waals surface area contributed by atoms with Gasteiger partial charge in [-0.2, -0.15) is 0 Å². The van der Waals surface area contributed by atoms with E-state index in [1.807, 2.05) is 0 Å². The average Bonchev–Trinajstić information content (AvgIpc) is 4.04. The zero-order chi connectivity index (χ0) is 52.5. The topological polar surface area (TPSA) is 174 Å². The molecule has 4 aliphatic heterocycles. The molecule has 0 radical (unpaired) electrons. The van der Waals surface area contributed by atoms with Gasteiger partial charge < -0.3 is 30.3 Å². The smallest absolute Gasteiger partial charge is 0.338 e. The van der Waals surface area contributed by atoms with Crippen LogP contribution >= 0.6 is 50.2 Å². The molecular formula is C44H40BrClF10N8O6S2. The largest absolute Gasteiger partial charge is 0.463 e. The van der Waals surface area contributed by atoms with Crippen LogP contribution in [0.2, 0.25) is 5.02 Å². The van der Waals surface area contributed by atoms with E-state index in [0.717, 1.165) is 28.0 Å². The van der Waals surface area contributed by atoms with Crippen molar-refractivity contribution in [3.05, 3.63) is 124 Å². The zero-order valence-corrected chi connectivity index (χ0v) is 41.3. The number of alkyl halides is 8. The molecule has 388 valence electrons. The van der Waals surface area contributed by atoms with Gasteiger partial charge in [0.1, 0.15) is 23.7 Å². The van der Waals surface area contributed by atoms with Gasteiger partial charge in [-0.15, -0.1) is 22.7 Å². The molecule has 4 aromatic rings. The van der Waals surface area contributed by atoms with Crippen LogP contribution in [-0.2, 0) is 19.1 Å². The summed E-state index contributed by atoms with van der Waals surface area (Å²) in [7, 11) is 0. The molecule has 2 aromatic heterocycles. The second-order valence-corrected chi connectivity index (χ2v) is 19.4. The normalized spacial score (nSPS) is 22.2. The van der Waals surface area contributed by atoms with Crippen molar-refractivity contribution < 1.29 is 73.2 Å². The highest BCUT2D eigenvalue weighted by molar-refractivity contribution is 9.10. The Balaban J connectivity index is 0.000000211. The van der Waals surface area contributed by atoms with E-state index in [1.165, 1.54) is 53.3 Å². The molecule has 14 nitrogen and oxygen atoms in total. The van der Waals surface area contributed by atoms with Crippen molar-refractivity contribution in [1.29, 1.82) is 0 Å². The summed E-state index contributed by atoms with van der Waals surface area (Å²) in [6, 6.07) is 4.91. The van der Waals surface area contributed by atoms with E-state index < -0.39 is 111 Å². The van der Waals surface area contributed by atoms with Crippen molar-refractivity contribution in [3.8, 4) is 0 Å². The summed E-state index contributed by atoms with van der Waals surface area (Å²) in [4.78, 5) is 45.0. The lowest BCUT2D eigenvalue weighted by molar-refractivity contribution is -0.252. The van der Waals surface area contributed by atoms with Gasteiger partial charge in [-0.05, 0) is 43.7 Å². The maximum absolute atomic E-state index is 14.2. The molecule has 0 amide bonds. The average molecular weight is 1150 g/mol. The first-order chi connectivity index (χ1) is 33.8. The number of carbonyl (C=O) groups is 2. The third-order valence-corrected chi connectivity index (χ3v) is 13.7. The molecule has 0 spiro atoms. The third-order valence-electron chi connectivity index (χ3n) is 11.1.